The molecule has 0 aliphatic rings. The first kappa shape index (κ1) is 13.6. The Hall–Kier alpha value is -1.43. The lowest BCUT2D eigenvalue weighted by atomic mass is 9.93. The number of benzene rings is 1. The standard InChI is InChI=1S/C11H13F3O3/c1-10(15,11(12,13)14)9-7(16-2)5-4-6-8(9)17-3/h4-6,15H,1-3H3. The minimum atomic E-state index is -4.82. The maximum atomic E-state index is 12.8. The minimum absolute atomic E-state index is 0.0772. The zero-order valence-electron chi connectivity index (χ0n) is 9.63. The van der Waals surface area contributed by atoms with Crippen molar-refractivity contribution in [2.75, 3.05) is 14.2 Å². The van der Waals surface area contributed by atoms with E-state index in [-0.39, 0.29) is 11.5 Å². The highest BCUT2D eigenvalue weighted by molar-refractivity contribution is 5.49. The van der Waals surface area contributed by atoms with Crippen molar-refractivity contribution in [2.45, 2.75) is 18.7 Å². The number of halogens is 3. The van der Waals surface area contributed by atoms with Crippen LogP contribution >= 0.6 is 0 Å². The van der Waals surface area contributed by atoms with Crippen LogP contribution in [0.4, 0.5) is 13.2 Å². The average molecular weight is 250 g/mol. The van der Waals surface area contributed by atoms with Crippen molar-refractivity contribution >= 4 is 0 Å². The van der Waals surface area contributed by atoms with E-state index in [9.17, 15) is 18.3 Å². The molecule has 0 aliphatic carbocycles. The van der Waals surface area contributed by atoms with Crippen molar-refractivity contribution in [3.63, 3.8) is 0 Å². The third-order valence-electron chi connectivity index (χ3n) is 2.47. The number of methoxy groups -OCH3 is 2. The molecule has 1 N–H and O–H groups in total. The molecule has 1 aromatic carbocycles. The smallest absolute Gasteiger partial charge is 0.421 e. The fourth-order valence-electron chi connectivity index (χ4n) is 1.47. The van der Waals surface area contributed by atoms with Crippen LogP contribution in [0.15, 0.2) is 18.2 Å². The highest BCUT2D eigenvalue weighted by Gasteiger charge is 2.54. The lowest BCUT2D eigenvalue weighted by Gasteiger charge is -2.29. The molecule has 1 aromatic rings. The van der Waals surface area contributed by atoms with E-state index in [1.54, 1.807) is 0 Å². The van der Waals surface area contributed by atoms with E-state index in [0.717, 1.165) is 0 Å². The number of alkyl halides is 3. The molecular formula is C11H13F3O3. The van der Waals surface area contributed by atoms with Crippen LogP contribution < -0.4 is 9.47 Å². The average Bonchev–Trinajstić information content (AvgIpc) is 2.26. The molecule has 1 unspecified atom stereocenters. The van der Waals surface area contributed by atoms with Gasteiger partial charge in [-0.15, -0.1) is 0 Å². The quantitative estimate of drug-likeness (QED) is 0.895. The Labute approximate surface area is 96.8 Å². The van der Waals surface area contributed by atoms with Crippen LogP contribution in [0, 0.1) is 0 Å². The molecule has 0 fully saturated rings. The molecule has 17 heavy (non-hydrogen) atoms. The van der Waals surface area contributed by atoms with Gasteiger partial charge in [0.1, 0.15) is 11.5 Å². The number of rotatable bonds is 3. The Kier molecular flexibility index (Phi) is 3.56. The third-order valence-corrected chi connectivity index (χ3v) is 2.47. The van der Waals surface area contributed by atoms with E-state index in [1.165, 1.54) is 32.4 Å². The summed E-state index contributed by atoms with van der Waals surface area (Å²) < 4.78 is 48.0. The summed E-state index contributed by atoms with van der Waals surface area (Å²) in [4.78, 5) is 0. The van der Waals surface area contributed by atoms with Crippen LogP contribution in [0.5, 0.6) is 11.5 Å². The van der Waals surface area contributed by atoms with Gasteiger partial charge in [-0.05, 0) is 19.1 Å². The first-order valence-corrected chi connectivity index (χ1v) is 4.76. The summed E-state index contributed by atoms with van der Waals surface area (Å²) in [5.74, 6) is -0.154. The van der Waals surface area contributed by atoms with Crippen molar-refractivity contribution in [3.8, 4) is 11.5 Å². The van der Waals surface area contributed by atoms with Crippen molar-refractivity contribution in [1.29, 1.82) is 0 Å². The Bertz CT molecular complexity index is 377. The monoisotopic (exact) mass is 250 g/mol. The number of ether oxygens (including phenoxy) is 2. The topological polar surface area (TPSA) is 38.7 Å². The van der Waals surface area contributed by atoms with Gasteiger partial charge in [0.25, 0.3) is 0 Å². The number of hydrogen-bond acceptors (Lipinski definition) is 3. The van der Waals surface area contributed by atoms with Gasteiger partial charge >= 0.3 is 6.18 Å². The van der Waals surface area contributed by atoms with E-state index in [4.69, 9.17) is 9.47 Å². The van der Waals surface area contributed by atoms with Crippen molar-refractivity contribution in [3.05, 3.63) is 23.8 Å². The molecule has 0 aliphatic heterocycles. The molecule has 0 amide bonds. The van der Waals surface area contributed by atoms with E-state index < -0.39 is 17.3 Å². The maximum absolute atomic E-state index is 12.8. The molecule has 96 valence electrons. The Morgan fingerprint density at radius 3 is 1.76 bits per heavy atom. The molecule has 6 heteroatoms. The molecule has 0 radical (unpaired) electrons. The fraction of sp³-hybridized carbons (Fsp3) is 0.455. The number of aliphatic hydroxyl groups is 1. The summed E-state index contributed by atoms with van der Waals surface area (Å²) in [5, 5.41) is 9.66. The zero-order chi connectivity index (χ0) is 13.3. The minimum Gasteiger partial charge on any atom is -0.496 e. The van der Waals surface area contributed by atoms with Gasteiger partial charge in [0.2, 0.25) is 0 Å². The molecule has 0 saturated carbocycles. The maximum Gasteiger partial charge on any atom is 0.421 e. The molecule has 1 rings (SSSR count). The van der Waals surface area contributed by atoms with Gasteiger partial charge in [-0.25, -0.2) is 0 Å². The summed E-state index contributed by atoms with van der Waals surface area (Å²) in [6.07, 6.45) is -4.82. The summed E-state index contributed by atoms with van der Waals surface area (Å²) in [5.41, 5.74) is -3.47. The first-order chi connectivity index (χ1) is 7.75. The van der Waals surface area contributed by atoms with Crippen LogP contribution in [0.3, 0.4) is 0 Å². The van der Waals surface area contributed by atoms with E-state index in [1.807, 2.05) is 0 Å². The van der Waals surface area contributed by atoms with Crippen LogP contribution in [0.25, 0.3) is 0 Å². The third kappa shape index (κ3) is 2.31. The van der Waals surface area contributed by atoms with Gasteiger partial charge in [0.05, 0.1) is 19.8 Å². The predicted molar refractivity (Wildman–Crippen MR) is 55.2 cm³/mol. The summed E-state index contributed by atoms with van der Waals surface area (Å²) in [6.45, 7) is 0.660. The Morgan fingerprint density at radius 1 is 1.06 bits per heavy atom. The zero-order valence-corrected chi connectivity index (χ0v) is 9.63. The lowest BCUT2D eigenvalue weighted by molar-refractivity contribution is -0.259. The Morgan fingerprint density at radius 2 is 1.47 bits per heavy atom. The summed E-state index contributed by atoms with van der Waals surface area (Å²) in [6, 6.07) is 4.14. The second-order valence-electron chi connectivity index (χ2n) is 3.61. The van der Waals surface area contributed by atoms with Crippen LogP contribution in [-0.4, -0.2) is 25.5 Å². The molecular weight excluding hydrogens is 237 g/mol. The normalized spacial score (nSPS) is 15.2. The number of hydrogen-bond donors (Lipinski definition) is 1. The molecule has 0 aromatic heterocycles. The van der Waals surface area contributed by atoms with Crippen LogP contribution in [0.1, 0.15) is 12.5 Å². The molecule has 0 saturated heterocycles. The van der Waals surface area contributed by atoms with Gasteiger partial charge in [-0.3, -0.25) is 0 Å². The van der Waals surface area contributed by atoms with Crippen molar-refractivity contribution < 1.29 is 27.8 Å². The second-order valence-corrected chi connectivity index (χ2v) is 3.61. The van der Waals surface area contributed by atoms with Gasteiger partial charge in [-0.2, -0.15) is 13.2 Å². The van der Waals surface area contributed by atoms with Crippen molar-refractivity contribution in [1.82, 2.24) is 0 Å². The SMILES string of the molecule is COc1cccc(OC)c1C(C)(O)C(F)(F)F. The fourth-order valence-corrected chi connectivity index (χ4v) is 1.47. The predicted octanol–water partition coefficient (Wildman–Crippen LogP) is 2.47. The summed E-state index contributed by atoms with van der Waals surface area (Å²) in [7, 11) is 2.45. The molecule has 3 nitrogen and oxygen atoms in total. The molecule has 0 spiro atoms. The summed E-state index contributed by atoms with van der Waals surface area (Å²) >= 11 is 0. The van der Waals surface area contributed by atoms with E-state index in [2.05, 4.69) is 0 Å². The molecule has 0 bridgehead atoms. The highest BCUT2D eigenvalue weighted by Crippen LogP contribution is 2.46. The van der Waals surface area contributed by atoms with Gasteiger partial charge in [-0.1, -0.05) is 6.07 Å². The van der Waals surface area contributed by atoms with E-state index in [0.29, 0.717) is 6.92 Å². The van der Waals surface area contributed by atoms with Gasteiger partial charge < -0.3 is 14.6 Å². The first-order valence-electron chi connectivity index (χ1n) is 4.76. The van der Waals surface area contributed by atoms with Crippen LogP contribution in [-0.2, 0) is 5.60 Å². The molecule has 1 atom stereocenters. The lowest BCUT2D eigenvalue weighted by Crippen LogP contribution is -2.39. The highest BCUT2D eigenvalue weighted by atomic mass is 19.4. The largest absolute Gasteiger partial charge is 0.496 e. The molecule has 0 heterocycles. The van der Waals surface area contributed by atoms with Gasteiger partial charge in [0.15, 0.2) is 5.60 Å². The second kappa shape index (κ2) is 4.44. The van der Waals surface area contributed by atoms with Crippen molar-refractivity contribution in [2.24, 2.45) is 0 Å². The van der Waals surface area contributed by atoms with Gasteiger partial charge in [0, 0.05) is 0 Å². The van der Waals surface area contributed by atoms with E-state index >= 15 is 0 Å². The van der Waals surface area contributed by atoms with Crippen LogP contribution in [0.2, 0.25) is 0 Å². The Balaban J connectivity index is 3.47.